The van der Waals surface area contributed by atoms with Crippen LogP contribution in [0.25, 0.3) is 11.4 Å². The predicted molar refractivity (Wildman–Crippen MR) is 103 cm³/mol. The Morgan fingerprint density at radius 1 is 1.24 bits per heavy atom. The van der Waals surface area contributed by atoms with Crippen LogP contribution in [0.2, 0.25) is 0 Å². The minimum Gasteiger partial charge on any atom is -0.493 e. The maximum atomic E-state index is 5.70. The third-order valence-electron chi connectivity index (χ3n) is 3.83. The number of nitrogens with one attached hydrogen (secondary N) is 1. The number of hydrogen-bond donors (Lipinski definition) is 1. The largest absolute Gasteiger partial charge is 0.493 e. The van der Waals surface area contributed by atoms with Gasteiger partial charge in [-0.3, -0.25) is 0 Å². The second-order valence-corrected chi connectivity index (χ2v) is 6.08. The Morgan fingerprint density at radius 2 is 2.04 bits per heavy atom. The van der Waals surface area contributed by atoms with Crippen LogP contribution >= 0.6 is 12.2 Å². The Labute approximate surface area is 152 Å². The summed E-state index contributed by atoms with van der Waals surface area (Å²) in [6.45, 7) is 6.64. The molecule has 128 valence electrons. The van der Waals surface area contributed by atoms with Gasteiger partial charge in [-0.05, 0) is 56.2 Å². The van der Waals surface area contributed by atoms with Crippen LogP contribution in [0.15, 0.2) is 47.6 Å². The van der Waals surface area contributed by atoms with E-state index in [1.807, 2.05) is 31.2 Å². The Hall–Kier alpha value is -2.73. The molecular weight excluding hydrogens is 332 g/mol. The van der Waals surface area contributed by atoms with Crippen LogP contribution in [0.3, 0.4) is 0 Å². The maximum Gasteiger partial charge on any atom is 0.216 e. The monoisotopic (exact) mass is 352 g/mol. The van der Waals surface area contributed by atoms with Crippen molar-refractivity contribution in [2.75, 3.05) is 6.61 Å². The highest BCUT2D eigenvalue weighted by molar-refractivity contribution is 7.71. The van der Waals surface area contributed by atoms with E-state index in [2.05, 4.69) is 47.3 Å². The van der Waals surface area contributed by atoms with Crippen LogP contribution in [-0.4, -0.2) is 27.7 Å². The number of aromatic amines is 1. The first-order valence-corrected chi connectivity index (χ1v) is 8.52. The summed E-state index contributed by atoms with van der Waals surface area (Å²) in [4.78, 5) is 0. The molecule has 0 atom stereocenters. The number of hydrogen-bond acceptors (Lipinski definition) is 4. The number of rotatable bonds is 5. The van der Waals surface area contributed by atoms with E-state index in [1.165, 1.54) is 5.56 Å². The fourth-order valence-electron chi connectivity index (χ4n) is 2.52. The zero-order valence-corrected chi connectivity index (χ0v) is 15.3. The molecule has 0 saturated carbocycles. The molecule has 0 aliphatic carbocycles. The van der Waals surface area contributed by atoms with Crippen LogP contribution < -0.4 is 4.74 Å². The molecule has 0 spiro atoms. The fraction of sp³-hybridized carbons (Fsp3) is 0.211. The van der Waals surface area contributed by atoms with E-state index in [9.17, 15) is 0 Å². The minimum atomic E-state index is 0.433. The summed E-state index contributed by atoms with van der Waals surface area (Å²) >= 11 is 5.35. The van der Waals surface area contributed by atoms with Crippen molar-refractivity contribution in [2.45, 2.75) is 20.8 Å². The molecule has 0 radical (unpaired) electrons. The topological polar surface area (TPSA) is 55.2 Å². The molecular formula is C19H20N4OS. The van der Waals surface area contributed by atoms with Crippen molar-refractivity contribution in [1.82, 2.24) is 14.9 Å². The lowest BCUT2D eigenvalue weighted by atomic mass is 10.1. The molecule has 3 aromatic rings. The number of benzene rings is 2. The third-order valence-corrected chi connectivity index (χ3v) is 4.09. The molecule has 0 aliphatic heterocycles. The molecule has 5 nitrogen and oxygen atoms in total. The Morgan fingerprint density at radius 3 is 2.84 bits per heavy atom. The van der Waals surface area contributed by atoms with Gasteiger partial charge in [-0.2, -0.15) is 14.9 Å². The molecule has 6 heteroatoms. The van der Waals surface area contributed by atoms with Crippen molar-refractivity contribution in [1.29, 1.82) is 0 Å². The standard InChI is InChI=1S/C19H20N4OS/c1-4-24-17-8-6-5-7-16(17)18-21-22-19(25)23(18)20-12-15-11-13(2)9-10-14(15)3/h5-12H,4H2,1-3H3,(H,22,25)/b20-12-. The van der Waals surface area contributed by atoms with E-state index >= 15 is 0 Å². The highest BCUT2D eigenvalue weighted by Crippen LogP contribution is 2.28. The SMILES string of the molecule is CCOc1ccccc1-c1n[nH]c(=S)n1/N=C\c1cc(C)ccc1C. The summed E-state index contributed by atoms with van der Waals surface area (Å²) in [6.07, 6.45) is 1.81. The number of aryl methyl sites for hydroxylation is 2. The van der Waals surface area contributed by atoms with E-state index < -0.39 is 0 Å². The number of aromatic nitrogens is 3. The summed E-state index contributed by atoms with van der Waals surface area (Å²) in [7, 11) is 0. The van der Waals surface area contributed by atoms with Crippen molar-refractivity contribution in [2.24, 2.45) is 5.10 Å². The van der Waals surface area contributed by atoms with Crippen molar-refractivity contribution < 1.29 is 4.74 Å². The van der Waals surface area contributed by atoms with Crippen molar-refractivity contribution in [3.05, 3.63) is 63.9 Å². The summed E-state index contributed by atoms with van der Waals surface area (Å²) in [6, 6.07) is 14.0. The Balaban J connectivity index is 2.05. The van der Waals surface area contributed by atoms with Crippen LogP contribution in [0.1, 0.15) is 23.6 Å². The van der Waals surface area contributed by atoms with Crippen molar-refractivity contribution >= 4 is 18.4 Å². The fourth-order valence-corrected chi connectivity index (χ4v) is 2.70. The quantitative estimate of drug-likeness (QED) is 0.543. The van der Waals surface area contributed by atoms with Gasteiger partial charge in [0.05, 0.1) is 18.4 Å². The first kappa shape index (κ1) is 17.1. The number of para-hydroxylation sites is 1. The number of H-pyrrole nitrogens is 1. The molecule has 0 unspecified atom stereocenters. The smallest absolute Gasteiger partial charge is 0.216 e. The summed E-state index contributed by atoms with van der Waals surface area (Å²) in [5, 5.41) is 11.7. The van der Waals surface area contributed by atoms with Crippen LogP contribution in [-0.2, 0) is 0 Å². The van der Waals surface area contributed by atoms with Crippen LogP contribution in [0.5, 0.6) is 5.75 Å². The van der Waals surface area contributed by atoms with E-state index in [4.69, 9.17) is 17.0 Å². The maximum absolute atomic E-state index is 5.70. The van der Waals surface area contributed by atoms with Gasteiger partial charge >= 0.3 is 0 Å². The minimum absolute atomic E-state index is 0.433. The van der Waals surface area contributed by atoms with Crippen molar-refractivity contribution in [3.8, 4) is 17.1 Å². The molecule has 0 fully saturated rings. The first-order valence-electron chi connectivity index (χ1n) is 8.11. The Bertz CT molecular complexity index is 972. The second-order valence-electron chi connectivity index (χ2n) is 5.70. The Kier molecular flexibility index (Phi) is 5.09. The average molecular weight is 352 g/mol. The first-order chi connectivity index (χ1) is 12.1. The van der Waals surface area contributed by atoms with Gasteiger partial charge in [0.15, 0.2) is 5.82 Å². The van der Waals surface area contributed by atoms with Gasteiger partial charge in [-0.1, -0.05) is 35.9 Å². The van der Waals surface area contributed by atoms with Crippen LogP contribution in [0.4, 0.5) is 0 Å². The zero-order chi connectivity index (χ0) is 17.8. The normalized spacial score (nSPS) is 11.2. The zero-order valence-electron chi connectivity index (χ0n) is 14.5. The molecule has 0 aliphatic rings. The summed E-state index contributed by atoms with van der Waals surface area (Å²) in [5.41, 5.74) is 4.23. The highest BCUT2D eigenvalue weighted by Gasteiger charge is 2.13. The van der Waals surface area contributed by atoms with E-state index in [0.29, 0.717) is 17.2 Å². The summed E-state index contributed by atoms with van der Waals surface area (Å²) in [5.74, 6) is 1.37. The third kappa shape index (κ3) is 3.69. The molecule has 0 amide bonds. The second kappa shape index (κ2) is 7.44. The van der Waals surface area contributed by atoms with Gasteiger partial charge in [0.2, 0.25) is 4.77 Å². The molecule has 2 aromatic carbocycles. The van der Waals surface area contributed by atoms with Crippen LogP contribution in [0, 0.1) is 18.6 Å². The van der Waals surface area contributed by atoms with Gasteiger partial charge < -0.3 is 4.74 Å². The number of ether oxygens (including phenoxy) is 1. The highest BCUT2D eigenvalue weighted by atomic mass is 32.1. The predicted octanol–water partition coefficient (Wildman–Crippen LogP) is 4.51. The van der Waals surface area contributed by atoms with Gasteiger partial charge in [-0.15, -0.1) is 0 Å². The van der Waals surface area contributed by atoms with Crippen molar-refractivity contribution in [3.63, 3.8) is 0 Å². The lowest BCUT2D eigenvalue weighted by Crippen LogP contribution is -1.99. The number of nitrogens with zero attached hydrogens (tertiary/aromatic N) is 3. The molecule has 0 saturated heterocycles. The van der Waals surface area contributed by atoms with E-state index in [-0.39, 0.29) is 0 Å². The lowest BCUT2D eigenvalue weighted by molar-refractivity contribution is 0.341. The van der Waals surface area contributed by atoms with E-state index in [1.54, 1.807) is 10.9 Å². The molecule has 0 bridgehead atoms. The summed E-state index contributed by atoms with van der Waals surface area (Å²) < 4.78 is 7.75. The molecule has 3 rings (SSSR count). The lowest BCUT2D eigenvalue weighted by Gasteiger charge is -2.09. The molecule has 25 heavy (non-hydrogen) atoms. The van der Waals surface area contributed by atoms with E-state index in [0.717, 1.165) is 22.4 Å². The van der Waals surface area contributed by atoms with Gasteiger partial charge in [0, 0.05) is 0 Å². The van der Waals surface area contributed by atoms with Gasteiger partial charge in [0.25, 0.3) is 0 Å². The van der Waals surface area contributed by atoms with Gasteiger partial charge in [-0.25, -0.2) is 5.10 Å². The molecule has 1 aromatic heterocycles. The molecule has 1 N–H and O–H groups in total. The van der Waals surface area contributed by atoms with Gasteiger partial charge in [0.1, 0.15) is 5.75 Å². The average Bonchev–Trinajstić information content (AvgIpc) is 2.97. The molecule has 1 heterocycles.